The van der Waals surface area contributed by atoms with Crippen LogP contribution in [0.1, 0.15) is 17.3 Å². The average Bonchev–Trinajstić information content (AvgIpc) is 2.69. The van der Waals surface area contributed by atoms with Crippen molar-refractivity contribution in [2.45, 2.75) is 13.0 Å². The van der Waals surface area contributed by atoms with Crippen molar-refractivity contribution in [1.82, 2.24) is 5.09 Å². The molecule has 0 aliphatic heterocycles. The molecule has 0 amide bonds. The lowest BCUT2D eigenvalue weighted by Gasteiger charge is -2.24. The molecule has 0 aliphatic carbocycles. The summed E-state index contributed by atoms with van der Waals surface area (Å²) < 4.78 is 13.9. The molecule has 0 fully saturated rings. The first-order valence-electron chi connectivity index (χ1n) is 8.19. The van der Waals surface area contributed by atoms with Crippen LogP contribution in [0.2, 0.25) is 0 Å². The van der Waals surface area contributed by atoms with Gasteiger partial charge < -0.3 is 0 Å². The molecule has 0 aromatic heterocycles. The van der Waals surface area contributed by atoms with E-state index < -0.39 is 13.3 Å². The van der Waals surface area contributed by atoms with Crippen molar-refractivity contribution in [1.29, 1.82) is 0 Å². The van der Waals surface area contributed by atoms with Crippen molar-refractivity contribution in [2.75, 3.05) is 0 Å². The Kier molecular flexibility index (Phi) is 5.28. The summed E-state index contributed by atoms with van der Waals surface area (Å²) in [5, 5.41) is 4.51. The van der Waals surface area contributed by atoms with E-state index in [9.17, 15) is 9.36 Å². The molecule has 25 heavy (non-hydrogen) atoms. The summed E-state index contributed by atoms with van der Waals surface area (Å²) in [5.41, 5.74) is 0.607. The van der Waals surface area contributed by atoms with Gasteiger partial charge in [0, 0.05) is 16.2 Å². The zero-order valence-corrected chi connectivity index (χ0v) is 14.9. The second kappa shape index (κ2) is 7.60. The van der Waals surface area contributed by atoms with E-state index in [0.29, 0.717) is 16.2 Å². The van der Waals surface area contributed by atoms with Gasteiger partial charge in [-0.1, -0.05) is 66.7 Å². The molecular formula is C21H20NO2P. The van der Waals surface area contributed by atoms with Gasteiger partial charge in [0.25, 0.3) is 0 Å². The zero-order valence-electron chi connectivity index (χ0n) is 14.0. The van der Waals surface area contributed by atoms with Gasteiger partial charge in [-0.3, -0.25) is 9.36 Å². The number of Topliss-reactive ketones (excluding diaryl/α,β-unsaturated/α-hetero) is 1. The van der Waals surface area contributed by atoms with Crippen molar-refractivity contribution in [3.63, 3.8) is 0 Å². The van der Waals surface area contributed by atoms with Crippen LogP contribution >= 0.6 is 7.29 Å². The topological polar surface area (TPSA) is 46.2 Å². The molecule has 1 atom stereocenters. The van der Waals surface area contributed by atoms with Crippen molar-refractivity contribution in [3.8, 4) is 0 Å². The molecule has 3 nitrogen and oxygen atoms in total. The molecule has 3 aromatic carbocycles. The minimum absolute atomic E-state index is 0.0762. The minimum atomic E-state index is -3.13. The van der Waals surface area contributed by atoms with Crippen LogP contribution in [-0.2, 0) is 4.57 Å². The number of ketones is 1. The minimum Gasteiger partial charge on any atom is -0.297 e. The van der Waals surface area contributed by atoms with Gasteiger partial charge in [-0.2, -0.15) is 0 Å². The van der Waals surface area contributed by atoms with Crippen LogP contribution in [0.3, 0.4) is 0 Å². The maximum absolute atomic E-state index is 13.9. The largest absolute Gasteiger partial charge is 0.297 e. The molecule has 0 aliphatic rings. The highest BCUT2D eigenvalue weighted by atomic mass is 31.2. The summed E-state index contributed by atoms with van der Waals surface area (Å²) in [6.45, 7) is 1.76. The Hall–Kier alpha value is -2.48. The molecule has 0 spiro atoms. The maximum Gasteiger partial charge on any atom is 0.205 e. The molecule has 3 rings (SSSR count). The fourth-order valence-electron chi connectivity index (χ4n) is 2.76. The van der Waals surface area contributed by atoms with Gasteiger partial charge in [-0.15, -0.1) is 0 Å². The molecule has 0 saturated carbocycles. The predicted molar refractivity (Wildman–Crippen MR) is 103 cm³/mol. The van der Waals surface area contributed by atoms with E-state index in [2.05, 4.69) is 5.09 Å². The monoisotopic (exact) mass is 349 g/mol. The van der Waals surface area contributed by atoms with Gasteiger partial charge in [0.15, 0.2) is 5.78 Å². The van der Waals surface area contributed by atoms with Crippen LogP contribution in [-0.4, -0.2) is 11.8 Å². The number of carbonyl (C=O) groups is 1. The van der Waals surface area contributed by atoms with Crippen molar-refractivity contribution >= 4 is 23.7 Å². The molecule has 0 heterocycles. The van der Waals surface area contributed by atoms with Crippen molar-refractivity contribution < 1.29 is 9.36 Å². The molecule has 0 saturated heterocycles. The lowest BCUT2D eigenvalue weighted by atomic mass is 10.1. The number of benzene rings is 3. The average molecular weight is 349 g/mol. The summed E-state index contributed by atoms with van der Waals surface area (Å²) in [6, 6.07) is 27.0. The lowest BCUT2D eigenvalue weighted by molar-refractivity contribution is 0.0961. The first kappa shape index (κ1) is 17.3. The number of hydrogen-bond acceptors (Lipinski definition) is 2. The molecule has 4 heteroatoms. The molecule has 0 unspecified atom stereocenters. The smallest absolute Gasteiger partial charge is 0.205 e. The van der Waals surface area contributed by atoms with E-state index in [1.807, 2.05) is 78.9 Å². The summed E-state index contributed by atoms with van der Waals surface area (Å²) in [6.07, 6.45) is 0. The van der Waals surface area contributed by atoms with E-state index >= 15 is 0 Å². The van der Waals surface area contributed by atoms with Gasteiger partial charge in [0.05, 0.1) is 6.04 Å². The summed E-state index contributed by atoms with van der Waals surface area (Å²) in [7, 11) is -3.13. The molecule has 3 aromatic rings. The van der Waals surface area contributed by atoms with Crippen molar-refractivity contribution in [2.24, 2.45) is 0 Å². The molecule has 0 bridgehead atoms. The Morgan fingerprint density at radius 3 is 1.60 bits per heavy atom. The van der Waals surface area contributed by atoms with Gasteiger partial charge in [0.1, 0.15) is 0 Å². The van der Waals surface area contributed by atoms with Crippen LogP contribution in [0.4, 0.5) is 0 Å². The standard InChI is InChI=1S/C21H20NO2P/c1-17(21(23)18-11-5-2-6-12-18)22-25(24,19-13-7-3-8-14-19)20-15-9-4-10-16-20/h2-17H,1H3,(H,22,24)/t17-/m0/s1. The summed E-state index contributed by atoms with van der Waals surface area (Å²) >= 11 is 0. The second-order valence-electron chi connectivity index (χ2n) is 5.86. The molecular weight excluding hydrogens is 329 g/mol. The normalized spacial score (nSPS) is 12.5. The van der Waals surface area contributed by atoms with Gasteiger partial charge >= 0.3 is 0 Å². The predicted octanol–water partition coefficient (Wildman–Crippen LogP) is 3.78. The van der Waals surface area contributed by atoms with Crippen LogP contribution in [0.15, 0.2) is 91.0 Å². The summed E-state index contributed by atoms with van der Waals surface area (Å²) in [4.78, 5) is 12.7. The van der Waals surface area contributed by atoms with E-state index in [0.717, 1.165) is 0 Å². The fourth-order valence-corrected chi connectivity index (χ4v) is 5.20. The van der Waals surface area contributed by atoms with Gasteiger partial charge in [-0.05, 0) is 31.2 Å². The molecule has 126 valence electrons. The second-order valence-corrected chi connectivity index (χ2v) is 8.37. The van der Waals surface area contributed by atoms with Crippen LogP contribution in [0.25, 0.3) is 0 Å². The maximum atomic E-state index is 13.9. The first-order chi connectivity index (χ1) is 12.1. The third kappa shape index (κ3) is 3.79. The van der Waals surface area contributed by atoms with E-state index in [1.165, 1.54) is 0 Å². The van der Waals surface area contributed by atoms with Gasteiger partial charge in [-0.25, -0.2) is 5.09 Å². The van der Waals surface area contributed by atoms with Crippen LogP contribution < -0.4 is 15.7 Å². The highest BCUT2D eigenvalue weighted by Crippen LogP contribution is 2.39. The zero-order chi connectivity index (χ0) is 17.7. The lowest BCUT2D eigenvalue weighted by Crippen LogP contribution is -2.38. The van der Waals surface area contributed by atoms with Crippen LogP contribution in [0.5, 0.6) is 0 Å². The third-order valence-corrected chi connectivity index (χ3v) is 6.87. The highest BCUT2D eigenvalue weighted by molar-refractivity contribution is 7.77. The number of rotatable bonds is 6. The Morgan fingerprint density at radius 1 is 0.760 bits per heavy atom. The Bertz CT molecular complexity index is 836. The first-order valence-corrected chi connectivity index (χ1v) is 9.90. The summed E-state index contributed by atoms with van der Waals surface area (Å²) in [5.74, 6) is -0.0762. The number of carbonyl (C=O) groups excluding carboxylic acids is 1. The number of hydrogen-bond donors (Lipinski definition) is 1. The van der Waals surface area contributed by atoms with E-state index in [4.69, 9.17) is 0 Å². The number of nitrogens with one attached hydrogen (secondary N) is 1. The van der Waals surface area contributed by atoms with Crippen molar-refractivity contribution in [3.05, 3.63) is 96.6 Å². The SMILES string of the molecule is C[C@H](NP(=O)(c1ccccc1)c1ccccc1)C(=O)c1ccccc1. The van der Waals surface area contributed by atoms with Crippen LogP contribution in [0, 0.1) is 0 Å². The highest BCUT2D eigenvalue weighted by Gasteiger charge is 2.31. The quantitative estimate of drug-likeness (QED) is 0.544. The Labute approximate surface area is 148 Å². The fraction of sp³-hybridized carbons (Fsp3) is 0.0952. The Balaban J connectivity index is 1.96. The Morgan fingerprint density at radius 2 is 1.16 bits per heavy atom. The third-order valence-electron chi connectivity index (χ3n) is 4.07. The molecule has 0 radical (unpaired) electrons. The van der Waals surface area contributed by atoms with E-state index in [-0.39, 0.29) is 5.78 Å². The molecule has 1 N–H and O–H groups in total. The van der Waals surface area contributed by atoms with Gasteiger partial charge in [0.2, 0.25) is 7.29 Å². The van der Waals surface area contributed by atoms with E-state index in [1.54, 1.807) is 19.1 Å².